The minimum Gasteiger partial charge on any atom is -0.508 e. The van der Waals surface area contributed by atoms with Crippen LogP contribution >= 0.6 is 0 Å². The molecule has 0 radical (unpaired) electrons. The second-order valence-electron chi connectivity index (χ2n) is 4.80. The molecule has 1 aromatic carbocycles. The molecule has 1 aliphatic rings. The number of allylic oxidation sites excluding steroid dienone is 1. The molecule has 2 heterocycles. The molecule has 0 spiro atoms. The molecule has 3 rings (SSSR count). The first-order valence-corrected chi connectivity index (χ1v) is 6.48. The summed E-state index contributed by atoms with van der Waals surface area (Å²) in [4.78, 5) is 15.0. The summed E-state index contributed by atoms with van der Waals surface area (Å²) in [5.41, 5.74) is 2.32. The third-order valence-electron chi connectivity index (χ3n) is 3.62. The lowest BCUT2D eigenvalue weighted by Crippen LogP contribution is -2.09. The molecular weight excluding hydrogens is 254 g/mol. The van der Waals surface area contributed by atoms with Crippen LogP contribution in [0.5, 0.6) is 0 Å². The first-order chi connectivity index (χ1) is 9.72. The molecule has 1 atom stereocenters. The van der Waals surface area contributed by atoms with Crippen LogP contribution in [0.4, 0.5) is 0 Å². The van der Waals surface area contributed by atoms with E-state index in [0.29, 0.717) is 12.0 Å². The first-order valence-electron chi connectivity index (χ1n) is 6.48. The Balaban J connectivity index is 2.14. The molecule has 0 fully saturated rings. The molecule has 2 aromatic rings. The van der Waals surface area contributed by atoms with Crippen molar-refractivity contribution >= 4 is 16.9 Å². The Morgan fingerprint density at radius 1 is 1.45 bits per heavy atom. The fourth-order valence-electron chi connectivity index (χ4n) is 2.70. The number of para-hydroxylation sites is 1. The Labute approximate surface area is 116 Å². The fourth-order valence-corrected chi connectivity index (χ4v) is 2.70. The van der Waals surface area contributed by atoms with E-state index in [1.54, 1.807) is 6.08 Å². The van der Waals surface area contributed by atoms with E-state index in [0.717, 1.165) is 16.5 Å². The molecule has 0 aliphatic carbocycles. The van der Waals surface area contributed by atoms with Crippen molar-refractivity contribution in [3.05, 3.63) is 60.0 Å². The molecule has 1 aliphatic heterocycles. The van der Waals surface area contributed by atoms with Crippen LogP contribution in [0.1, 0.15) is 17.9 Å². The molecule has 1 aromatic heterocycles. The van der Waals surface area contributed by atoms with Gasteiger partial charge in [0.05, 0.1) is 5.57 Å². The number of aliphatic hydroxyl groups excluding tert-OH is 1. The predicted octanol–water partition coefficient (Wildman–Crippen LogP) is 3.20. The summed E-state index contributed by atoms with van der Waals surface area (Å²) >= 11 is 0. The second-order valence-corrected chi connectivity index (χ2v) is 4.80. The molecule has 4 heteroatoms. The Morgan fingerprint density at radius 3 is 2.95 bits per heavy atom. The highest BCUT2D eigenvalue weighted by atomic mass is 16.5. The van der Waals surface area contributed by atoms with Crippen molar-refractivity contribution in [1.29, 1.82) is 0 Å². The standard InChI is InChI=1S/C16H15NO3/c1-2-5-11(15-14(18)9-20-16(15)19)12-8-17-13-7-4-3-6-10(12)13/h2-4,6-8,11,17-18H,1,5,9H2. The van der Waals surface area contributed by atoms with Gasteiger partial charge in [-0.25, -0.2) is 4.79 Å². The van der Waals surface area contributed by atoms with Crippen LogP contribution in [-0.2, 0) is 9.53 Å². The second kappa shape index (κ2) is 4.89. The topological polar surface area (TPSA) is 62.3 Å². The van der Waals surface area contributed by atoms with E-state index in [-0.39, 0.29) is 18.3 Å². The van der Waals surface area contributed by atoms with Crippen LogP contribution in [0.2, 0.25) is 0 Å². The highest BCUT2D eigenvalue weighted by Crippen LogP contribution is 2.37. The number of carbonyl (C=O) groups excluding carboxylic acids is 1. The third-order valence-corrected chi connectivity index (χ3v) is 3.62. The van der Waals surface area contributed by atoms with E-state index >= 15 is 0 Å². The number of rotatable bonds is 4. The summed E-state index contributed by atoms with van der Waals surface area (Å²) < 4.78 is 4.91. The zero-order valence-electron chi connectivity index (χ0n) is 10.9. The van der Waals surface area contributed by atoms with E-state index in [4.69, 9.17) is 4.74 Å². The Kier molecular flexibility index (Phi) is 3.06. The monoisotopic (exact) mass is 269 g/mol. The Bertz CT molecular complexity index is 711. The van der Waals surface area contributed by atoms with Crippen LogP contribution in [0.3, 0.4) is 0 Å². The number of cyclic esters (lactones) is 1. The highest BCUT2D eigenvalue weighted by Gasteiger charge is 2.33. The largest absolute Gasteiger partial charge is 0.508 e. The highest BCUT2D eigenvalue weighted by molar-refractivity contribution is 5.95. The molecule has 0 saturated heterocycles. The fraction of sp³-hybridized carbons (Fsp3) is 0.188. The molecule has 2 N–H and O–H groups in total. The quantitative estimate of drug-likeness (QED) is 0.662. The number of benzene rings is 1. The van der Waals surface area contributed by atoms with Crippen molar-refractivity contribution in [2.24, 2.45) is 0 Å². The molecule has 1 unspecified atom stereocenters. The van der Waals surface area contributed by atoms with Crippen molar-refractivity contribution in [3.63, 3.8) is 0 Å². The Morgan fingerprint density at radius 2 is 2.25 bits per heavy atom. The number of hydrogen-bond donors (Lipinski definition) is 2. The van der Waals surface area contributed by atoms with Gasteiger partial charge in [0.1, 0.15) is 12.4 Å². The number of hydrogen-bond acceptors (Lipinski definition) is 3. The number of nitrogens with one attached hydrogen (secondary N) is 1. The molecule has 102 valence electrons. The van der Waals surface area contributed by atoms with Crippen LogP contribution in [-0.4, -0.2) is 22.7 Å². The van der Waals surface area contributed by atoms with Crippen molar-refractivity contribution in [2.75, 3.05) is 6.61 Å². The van der Waals surface area contributed by atoms with Crippen molar-refractivity contribution < 1.29 is 14.6 Å². The molecule has 0 amide bonds. The maximum absolute atomic E-state index is 11.8. The Hall–Kier alpha value is -2.49. The molecule has 20 heavy (non-hydrogen) atoms. The number of H-pyrrole nitrogens is 1. The summed E-state index contributed by atoms with van der Waals surface area (Å²) in [7, 11) is 0. The van der Waals surface area contributed by atoms with Gasteiger partial charge in [0, 0.05) is 23.0 Å². The lowest BCUT2D eigenvalue weighted by Gasteiger charge is -2.14. The number of ether oxygens (including phenoxy) is 1. The van der Waals surface area contributed by atoms with E-state index in [1.165, 1.54) is 0 Å². The van der Waals surface area contributed by atoms with Crippen LogP contribution in [0, 0.1) is 0 Å². The summed E-state index contributed by atoms with van der Waals surface area (Å²) in [5, 5.41) is 11.0. The first kappa shape index (κ1) is 12.5. The minimum absolute atomic E-state index is 0.0205. The number of carbonyl (C=O) groups is 1. The average Bonchev–Trinajstić information content (AvgIpc) is 3.01. The van der Waals surface area contributed by atoms with E-state index in [1.807, 2.05) is 30.5 Å². The van der Waals surface area contributed by atoms with Crippen molar-refractivity contribution in [3.8, 4) is 0 Å². The van der Waals surface area contributed by atoms with E-state index in [9.17, 15) is 9.90 Å². The van der Waals surface area contributed by atoms with Gasteiger partial charge >= 0.3 is 5.97 Å². The molecular formula is C16H15NO3. The van der Waals surface area contributed by atoms with E-state index < -0.39 is 5.97 Å². The van der Waals surface area contributed by atoms with Crippen LogP contribution in [0.15, 0.2) is 54.4 Å². The average molecular weight is 269 g/mol. The van der Waals surface area contributed by atoms with Crippen molar-refractivity contribution in [2.45, 2.75) is 12.3 Å². The van der Waals surface area contributed by atoms with Gasteiger partial charge in [-0.1, -0.05) is 24.3 Å². The lowest BCUT2D eigenvalue weighted by atomic mass is 9.87. The summed E-state index contributed by atoms with van der Waals surface area (Å²) in [5.74, 6) is -0.662. The smallest absolute Gasteiger partial charge is 0.338 e. The van der Waals surface area contributed by atoms with Gasteiger partial charge < -0.3 is 14.8 Å². The van der Waals surface area contributed by atoms with Crippen molar-refractivity contribution in [1.82, 2.24) is 4.98 Å². The maximum atomic E-state index is 11.8. The van der Waals surface area contributed by atoms with Crippen LogP contribution < -0.4 is 0 Å². The number of aliphatic hydroxyl groups is 1. The molecule has 4 nitrogen and oxygen atoms in total. The third kappa shape index (κ3) is 1.90. The maximum Gasteiger partial charge on any atom is 0.338 e. The predicted molar refractivity (Wildman–Crippen MR) is 76.5 cm³/mol. The van der Waals surface area contributed by atoms with Gasteiger partial charge in [-0.2, -0.15) is 0 Å². The van der Waals surface area contributed by atoms with Gasteiger partial charge in [0.25, 0.3) is 0 Å². The zero-order valence-corrected chi connectivity index (χ0v) is 10.9. The number of esters is 1. The van der Waals surface area contributed by atoms with E-state index in [2.05, 4.69) is 11.6 Å². The number of aromatic amines is 1. The number of fused-ring (bicyclic) bond motifs is 1. The van der Waals surface area contributed by atoms with Crippen LogP contribution in [0.25, 0.3) is 10.9 Å². The molecule has 0 saturated carbocycles. The SMILES string of the molecule is C=CCC(C1=C(O)COC1=O)c1c[nH]c2ccccc12. The molecule has 0 bridgehead atoms. The van der Waals surface area contributed by atoms with Gasteiger partial charge in [-0.05, 0) is 18.1 Å². The zero-order chi connectivity index (χ0) is 14.1. The summed E-state index contributed by atoms with van der Waals surface area (Å²) in [6.45, 7) is 3.71. The summed E-state index contributed by atoms with van der Waals surface area (Å²) in [6, 6.07) is 7.87. The minimum atomic E-state index is -0.445. The van der Waals surface area contributed by atoms with Gasteiger partial charge in [0.2, 0.25) is 0 Å². The van der Waals surface area contributed by atoms with Gasteiger partial charge in [-0.15, -0.1) is 6.58 Å². The summed E-state index contributed by atoms with van der Waals surface area (Å²) in [6.07, 6.45) is 4.19. The number of aromatic nitrogens is 1. The normalized spacial score (nSPS) is 16.5. The lowest BCUT2D eigenvalue weighted by molar-refractivity contribution is -0.136. The van der Waals surface area contributed by atoms with Gasteiger partial charge in [0.15, 0.2) is 0 Å². The van der Waals surface area contributed by atoms with Gasteiger partial charge in [-0.3, -0.25) is 0 Å².